The first-order chi connectivity index (χ1) is 7.62. The number of hydrogen-bond donors (Lipinski definition) is 2. The molecule has 0 radical (unpaired) electrons. The van der Waals surface area contributed by atoms with Crippen molar-refractivity contribution >= 4 is 27.4 Å². The Hall–Kier alpha value is -1.20. The minimum Gasteiger partial charge on any atom is -0.369 e. The van der Waals surface area contributed by atoms with Crippen LogP contribution < -0.4 is 11.1 Å². The minimum atomic E-state index is 0.0767. The summed E-state index contributed by atoms with van der Waals surface area (Å²) in [5.41, 5.74) is 5.77. The average Bonchev–Trinajstić information content (AvgIpc) is 2.75. The molecular weight excluding hydrogens is 220 g/mol. The zero-order valence-corrected chi connectivity index (χ0v) is 10.3. The van der Waals surface area contributed by atoms with Gasteiger partial charge in [-0.05, 0) is 23.4 Å². The van der Waals surface area contributed by atoms with Crippen LogP contribution in [0.4, 0.5) is 5.82 Å². The number of fused-ring (bicyclic) bond motifs is 1. The standard InChI is InChI=1S/C11H16N4S/c1-11(2,5-12)6-13-9-8-3-4-16-10(8)15-7-14-9/h3-4,7H,5-6,12H2,1-2H3,(H,13,14,15). The third kappa shape index (κ3) is 2.31. The molecule has 0 unspecified atom stereocenters. The van der Waals surface area contributed by atoms with Gasteiger partial charge in [0, 0.05) is 6.54 Å². The van der Waals surface area contributed by atoms with Gasteiger partial charge in [-0.2, -0.15) is 0 Å². The molecule has 0 aliphatic rings. The van der Waals surface area contributed by atoms with E-state index in [1.165, 1.54) is 0 Å². The molecule has 4 nitrogen and oxygen atoms in total. The number of nitrogens with one attached hydrogen (secondary N) is 1. The van der Waals surface area contributed by atoms with Gasteiger partial charge in [0.2, 0.25) is 0 Å². The van der Waals surface area contributed by atoms with Gasteiger partial charge >= 0.3 is 0 Å². The predicted octanol–water partition coefficient (Wildman–Crippen LogP) is 2.09. The van der Waals surface area contributed by atoms with Gasteiger partial charge in [0.25, 0.3) is 0 Å². The molecular formula is C11H16N4S. The molecule has 0 aromatic carbocycles. The molecule has 2 aromatic heterocycles. The number of anilines is 1. The molecule has 0 aliphatic heterocycles. The molecule has 0 saturated carbocycles. The molecule has 2 rings (SSSR count). The summed E-state index contributed by atoms with van der Waals surface area (Å²) in [4.78, 5) is 9.49. The Balaban J connectivity index is 2.18. The van der Waals surface area contributed by atoms with Gasteiger partial charge in [-0.25, -0.2) is 9.97 Å². The fourth-order valence-electron chi connectivity index (χ4n) is 1.33. The second-order valence-corrected chi connectivity index (χ2v) is 5.48. The lowest BCUT2D eigenvalue weighted by molar-refractivity contribution is 0.405. The van der Waals surface area contributed by atoms with Crippen molar-refractivity contribution in [1.29, 1.82) is 0 Å². The summed E-state index contributed by atoms with van der Waals surface area (Å²) in [6.07, 6.45) is 1.59. The normalized spacial score (nSPS) is 11.9. The lowest BCUT2D eigenvalue weighted by Gasteiger charge is -2.23. The van der Waals surface area contributed by atoms with Gasteiger partial charge in [-0.3, -0.25) is 0 Å². The number of aromatic nitrogens is 2. The molecule has 0 aliphatic carbocycles. The summed E-state index contributed by atoms with van der Waals surface area (Å²) < 4.78 is 0. The molecule has 0 bridgehead atoms. The SMILES string of the molecule is CC(C)(CN)CNc1ncnc2sccc12. The van der Waals surface area contributed by atoms with Crippen molar-refractivity contribution in [3.63, 3.8) is 0 Å². The second-order valence-electron chi connectivity index (χ2n) is 4.58. The van der Waals surface area contributed by atoms with Crippen molar-refractivity contribution < 1.29 is 0 Å². The average molecular weight is 236 g/mol. The molecule has 5 heteroatoms. The topological polar surface area (TPSA) is 63.8 Å². The Bertz CT molecular complexity index is 478. The predicted molar refractivity (Wildman–Crippen MR) is 68.7 cm³/mol. The quantitative estimate of drug-likeness (QED) is 0.853. The number of hydrogen-bond acceptors (Lipinski definition) is 5. The Kier molecular flexibility index (Phi) is 3.07. The number of nitrogens with zero attached hydrogens (tertiary/aromatic N) is 2. The maximum absolute atomic E-state index is 5.69. The largest absolute Gasteiger partial charge is 0.369 e. The first kappa shape index (κ1) is 11.3. The highest BCUT2D eigenvalue weighted by molar-refractivity contribution is 7.16. The van der Waals surface area contributed by atoms with E-state index in [9.17, 15) is 0 Å². The van der Waals surface area contributed by atoms with Crippen molar-refractivity contribution in [3.05, 3.63) is 17.8 Å². The highest BCUT2D eigenvalue weighted by Gasteiger charge is 2.16. The molecule has 0 spiro atoms. The first-order valence-corrected chi connectivity index (χ1v) is 6.12. The highest BCUT2D eigenvalue weighted by Crippen LogP contribution is 2.24. The van der Waals surface area contributed by atoms with Crippen molar-refractivity contribution in [2.45, 2.75) is 13.8 Å². The molecule has 0 atom stereocenters. The smallest absolute Gasteiger partial charge is 0.138 e. The van der Waals surface area contributed by atoms with E-state index in [1.54, 1.807) is 17.7 Å². The molecule has 16 heavy (non-hydrogen) atoms. The van der Waals surface area contributed by atoms with Crippen LogP contribution in [0.25, 0.3) is 10.2 Å². The van der Waals surface area contributed by atoms with Crippen molar-refractivity contribution in [3.8, 4) is 0 Å². The Morgan fingerprint density at radius 2 is 2.25 bits per heavy atom. The molecule has 2 heterocycles. The van der Waals surface area contributed by atoms with Crippen LogP contribution in [0.5, 0.6) is 0 Å². The van der Waals surface area contributed by atoms with Crippen molar-refractivity contribution in [2.24, 2.45) is 11.1 Å². The van der Waals surface area contributed by atoms with E-state index >= 15 is 0 Å². The lowest BCUT2D eigenvalue weighted by atomic mass is 9.94. The maximum Gasteiger partial charge on any atom is 0.138 e. The van der Waals surface area contributed by atoms with Crippen LogP contribution in [-0.4, -0.2) is 23.1 Å². The van der Waals surface area contributed by atoms with E-state index in [0.717, 1.165) is 22.6 Å². The summed E-state index contributed by atoms with van der Waals surface area (Å²) in [7, 11) is 0. The van der Waals surface area contributed by atoms with Crippen LogP contribution in [0.15, 0.2) is 17.8 Å². The van der Waals surface area contributed by atoms with Gasteiger partial charge in [0.1, 0.15) is 17.0 Å². The molecule has 2 aromatic rings. The third-order valence-corrected chi connectivity index (χ3v) is 3.37. The molecule has 3 N–H and O–H groups in total. The van der Waals surface area contributed by atoms with E-state index in [4.69, 9.17) is 5.73 Å². The number of thiophene rings is 1. The number of nitrogens with two attached hydrogens (primary N) is 1. The Labute approximate surface area is 98.9 Å². The highest BCUT2D eigenvalue weighted by atomic mass is 32.1. The molecule has 0 amide bonds. The van der Waals surface area contributed by atoms with Crippen LogP contribution in [0.2, 0.25) is 0 Å². The zero-order chi connectivity index (χ0) is 11.6. The van der Waals surface area contributed by atoms with Gasteiger partial charge in [-0.1, -0.05) is 13.8 Å². The summed E-state index contributed by atoms with van der Waals surface area (Å²) in [6.45, 7) is 5.72. The summed E-state index contributed by atoms with van der Waals surface area (Å²) in [5, 5.41) is 6.45. The van der Waals surface area contributed by atoms with Crippen LogP contribution in [0, 0.1) is 5.41 Å². The van der Waals surface area contributed by atoms with Crippen molar-refractivity contribution in [2.75, 3.05) is 18.4 Å². The van der Waals surface area contributed by atoms with Gasteiger partial charge < -0.3 is 11.1 Å². The minimum absolute atomic E-state index is 0.0767. The van der Waals surface area contributed by atoms with Crippen LogP contribution in [-0.2, 0) is 0 Å². The molecule has 0 saturated heterocycles. The van der Waals surface area contributed by atoms with Gasteiger partial charge in [0.15, 0.2) is 0 Å². The van der Waals surface area contributed by atoms with E-state index < -0.39 is 0 Å². The fraction of sp³-hybridized carbons (Fsp3) is 0.455. The lowest BCUT2D eigenvalue weighted by Crippen LogP contribution is -2.31. The van der Waals surface area contributed by atoms with Crippen LogP contribution in [0.3, 0.4) is 0 Å². The van der Waals surface area contributed by atoms with E-state index in [0.29, 0.717) is 6.54 Å². The summed E-state index contributed by atoms with van der Waals surface area (Å²) in [5.74, 6) is 0.896. The van der Waals surface area contributed by atoms with Crippen molar-refractivity contribution in [1.82, 2.24) is 9.97 Å². The molecule has 86 valence electrons. The first-order valence-electron chi connectivity index (χ1n) is 5.24. The van der Waals surface area contributed by atoms with E-state index in [2.05, 4.69) is 29.1 Å². The zero-order valence-electron chi connectivity index (χ0n) is 9.53. The van der Waals surface area contributed by atoms with Gasteiger partial charge in [-0.15, -0.1) is 11.3 Å². The van der Waals surface area contributed by atoms with Gasteiger partial charge in [0.05, 0.1) is 5.39 Å². The maximum atomic E-state index is 5.69. The van der Waals surface area contributed by atoms with Crippen LogP contribution >= 0.6 is 11.3 Å². The Morgan fingerprint density at radius 3 is 3.00 bits per heavy atom. The third-order valence-electron chi connectivity index (χ3n) is 2.55. The van der Waals surface area contributed by atoms with E-state index in [1.807, 2.05) is 11.4 Å². The monoisotopic (exact) mass is 236 g/mol. The second kappa shape index (κ2) is 4.35. The summed E-state index contributed by atoms with van der Waals surface area (Å²) in [6, 6.07) is 2.04. The number of rotatable bonds is 4. The molecule has 0 fully saturated rings. The summed E-state index contributed by atoms with van der Waals surface area (Å²) >= 11 is 1.62. The fourth-order valence-corrected chi connectivity index (χ4v) is 2.06. The Morgan fingerprint density at radius 1 is 1.44 bits per heavy atom. The van der Waals surface area contributed by atoms with E-state index in [-0.39, 0.29) is 5.41 Å². The van der Waals surface area contributed by atoms with Crippen LogP contribution in [0.1, 0.15) is 13.8 Å².